The summed E-state index contributed by atoms with van der Waals surface area (Å²) in [5.74, 6) is -0.351. The summed E-state index contributed by atoms with van der Waals surface area (Å²) in [6.07, 6.45) is 1.07. The van der Waals surface area contributed by atoms with E-state index in [4.69, 9.17) is 0 Å². The predicted octanol–water partition coefficient (Wildman–Crippen LogP) is 1.98. The van der Waals surface area contributed by atoms with Crippen LogP contribution >= 0.6 is 22.6 Å². The first kappa shape index (κ1) is 12.6. The molecule has 0 aliphatic heterocycles. The lowest BCUT2D eigenvalue weighted by molar-refractivity contribution is 0.101. The maximum Gasteiger partial charge on any atom is 0.191 e. The van der Waals surface area contributed by atoms with Gasteiger partial charge in [-0.05, 0) is 12.5 Å². The van der Waals surface area contributed by atoms with Crippen LogP contribution in [0.4, 0.5) is 0 Å². The van der Waals surface area contributed by atoms with Crippen LogP contribution in [-0.4, -0.2) is 23.7 Å². The molecule has 0 radical (unpaired) electrons. The molecule has 0 saturated heterocycles. The van der Waals surface area contributed by atoms with E-state index < -0.39 is 13.1 Å². The number of halogens is 1. The number of carbonyl (C=O) groups is 1. The highest BCUT2D eigenvalue weighted by molar-refractivity contribution is 14.1. The number of ketones is 1. The van der Waals surface area contributed by atoms with E-state index >= 15 is 0 Å². The molecular weight excluding hydrogens is 327 g/mol. The van der Waals surface area contributed by atoms with Gasteiger partial charge in [-0.15, -0.1) is 0 Å². The van der Waals surface area contributed by atoms with Crippen molar-refractivity contribution in [3.8, 4) is 0 Å². The summed E-state index contributed by atoms with van der Waals surface area (Å²) in [4.78, 5) is 11.8. The molecule has 0 spiro atoms. The zero-order valence-corrected chi connectivity index (χ0v) is 11.4. The molecule has 5 heteroatoms. The molecule has 0 fully saturated rings. The minimum atomic E-state index is -3.33. The molecule has 82 valence electrons. The van der Waals surface area contributed by atoms with Gasteiger partial charge in [-0.3, -0.25) is 4.79 Å². The standard InChI is InChI=1S/C10H11IO3S/c1-7-5-3-4-6-8(7)9(12)10(11)15(2,13)14/h3-6,10H,1-2H3/t10-/m1/s1. The molecule has 1 aromatic carbocycles. The van der Waals surface area contributed by atoms with E-state index in [2.05, 4.69) is 0 Å². The van der Waals surface area contributed by atoms with E-state index in [1.807, 2.05) is 6.07 Å². The van der Waals surface area contributed by atoms with Crippen LogP contribution in [0.25, 0.3) is 0 Å². The monoisotopic (exact) mass is 338 g/mol. The Morgan fingerprint density at radius 1 is 1.33 bits per heavy atom. The first-order valence-electron chi connectivity index (χ1n) is 4.27. The minimum Gasteiger partial charge on any atom is -0.292 e. The predicted molar refractivity (Wildman–Crippen MR) is 68.2 cm³/mol. The summed E-state index contributed by atoms with van der Waals surface area (Å²) < 4.78 is 21.5. The third-order valence-corrected chi connectivity index (χ3v) is 6.30. The van der Waals surface area contributed by atoms with Gasteiger partial charge < -0.3 is 0 Å². The molecule has 0 N–H and O–H groups in total. The first-order chi connectivity index (χ1) is 6.84. The fourth-order valence-electron chi connectivity index (χ4n) is 1.17. The normalized spacial score (nSPS) is 13.5. The molecule has 0 bridgehead atoms. The van der Waals surface area contributed by atoms with Crippen molar-refractivity contribution in [3.63, 3.8) is 0 Å². The van der Waals surface area contributed by atoms with E-state index in [1.54, 1.807) is 47.7 Å². The van der Waals surface area contributed by atoms with E-state index in [0.29, 0.717) is 5.56 Å². The lowest BCUT2D eigenvalue weighted by Gasteiger charge is -2.08. The maximum absolute atomic E-state index is 11.8. The zero-order chi connectivity index (χ0) is 11.6. The quantitative estimate of drug-likeness (QED) is 0.481. The molecule has 1 aromatic rings. The Morgan fingerprint density at radius 3 is 2.33 bits per heavy atom. The van der Waals surface area contributed by atoms with Crippen molar-refractivity contribution in [1.29, 1.82) is 0 Å². The first-order valence-corrected chi connectivity index (χ1v) is 7.47. The second-order valence-electron chi connectivity index (χ2n) is 3.32. The molecule has 0 aromatic heterocycles. The third kappa shape index (κ3) is 3.01. The number of rotatable bonds is 3. The average Bonchev–Trinajstić information content (AvgIpc) is 2.15. The summed E-state index contributed by atoms with van der Waals surface area (Å²) in [6.45, 7) is 1.79. The van der Waals surface area contributed by atoms with Gasteiger partial charge in [-0.25, -0.2) is 8.42 Å². The highest BCUT2D eigenvalue weighted by Crippen LogP contribution is 2.18. The van der Waals surface area contributed by atoms with Crippen LogP contribution in [-0.2, 0) is 9.84 Å². The molecule has 0 saturated carbocycles. The van der Waals surface area contributed by atoms with Crippen LogP contribution in [0.2, 0.25) is 0 Å². The van der Waals surface area contributed by atoms with Gasteiger partial charge in [-0.1, -0.05) is 46.9 Å². The van der Waals surface area contributed by atoms with Crippen LogP contribution in [0.5, 0.6) is 0 Å². The smallest absolute Gasteiger partial charge is 0.191 e. The van der Waals surface area contributed by atoms with Gasteiger partial charge in [0.1, 0.15) is 0 Å². The fraction of sp³-hybridized carbons (Fsp3) is 0.300. The van der Waals surface area contributed by atoms with Gasteiger partial charge in [0.2, 0.25) is 0 Å². The van der Waals surface area contributed by atoms with Gasteiger partial charge in [-0.2, -0.15) is 0 Å². The van der Waals surface area contributed by atoms with Gasteiger partial charge in [0.05, 0.1) is 0 Å². The van der Waals surface area contributed by atoms with E-state index in [-0.39, 0.29) is 5.78 Å². The van der Waals surface area contributed by atoms with Crippen LogP contribution < -0.4 is 0 Å². The van der Waals surface area contributed by atoms with Crippen molar-refractivity contribution in [2.75, 3.05) is 6.26 Å². The second kappa shape index (κ2) is 4.61. The molecule has 3 nitrogen and oxygen atoms in total. The Kier molecular flexibility index (Phi) is 3.88. The number of benzene rings is 1. The number of hydrogen-bond acceptors (Lipinski definition) is 3. The minimum absolute atomic E-state index is 0.351. The maximum atomic E-state index is 11.8. The molecular formula is C10H11IO3S. The van der Waals surface area contributed by atoms with Gasteiger partial charge in [0.25, 0.3) is 0 Å². The van der Waals surface area contributed by atoms with Gasteiger partial charge >= 0.3 is 0 Å². The fourth-order valence-corrected chi connectivity index (χ4v) is 2.02. The Bertz CT molecular complexity index is 479. The Balaban J connectivity index is 3.12. The lowest BCUT2D eigenvalue weighted by Crippen LogP contribution is -2.23. The number of alkyl halides is 1. The lowest BCUT2D eigenvalue weighted by atomic mass is 10.1. The summed E-state index contributed by atoms with van der Waals surface area (Å²) in [7, 11) is -3.33. The van der Waals surface area contributed by atoms with Crippen LogP contribution in [0.1, 0.15) is 15.9 Å². The summed E-state index contributed by atoms with van der Waals surface area (Å²) >= 11 is 1.66. The van der Waals surface area contributed by atoms with Gasteiger partial charge in [0.15, 0.2) is 18.9 Å². The van der Waals surface area contributed by atoms with Crippen molar-refractivity contribution in [2.45, 2.75) is 10.2 Å². The highest BCUT2D eigenvalue weighted by Gasteiger charge is 2.27. The van der Waals surface area contributed by atoms with Crippen molar-refractivity contribution in [3.05, 3.63) is 35.4 Å². The summed E-state index contributed by atoms with van der Waals surface area (Å²) in [5, 5.41) is 0. The molecule has 0 aliphatic carbocycles. The average molecular weight is 338 g/mol. The van der Waals surface area contributed by atoms with Crippen molar-refractivity contribution < 1.29 is 13.2 Å². The van der Waals surface area contributed by atoms with Gasteiger partial charge in [0, 0.05) is 11.8 Å². The Morgan fingerprint density at radius 2 is 1.87 bits per heavy atom. The molecule has 15 heavy (non-hydrogen) atoms. The number of hydrogen-bond donors (Lipinski definition) is 0. The van der Waals surface area contributed by atoms with Crippen LogP contribution in [0.3, 0.4) is 0 Å². The second-order valence-corrected chi connectivity index (χ2v) is 7.55. The van der Waals surface area contributed by atoms with Crippen molar-refractivity contribution >= 4 is 38.2 Å². The zero-order valence-electron chi connectivity index (χ0n) is 8.40. The van der Waals surface area contributed by atoms with Crippen molar-refractivity contribution in [2.24, 2.45) is 0 Å². The van der Waals surface area contributed by atoms with Crippen molar-refractivity contribution in [1.82, 2.24) is 0 Å². The number of Topliss-reactive ketones (excluding diaryl/α,β-unsaturated/α-hetero) is 1. The molecule has 0 aliphatic rings. The van der Waals surface area contributed by atoms with Crippen LogP contribution in [0, 0.1) is 6.92 Å². The number of carbonyl (C=O) groups excluding carboxylic acids is 1. The van der Waals surface area contributed by atoms with E-state index in [1.165, 1.54) is 0 Å². The topological polar surface area (TPSA) is 51.2 Å². The summed E-state index contributed by atoms with van der Waals surface area (Å²) in [6, 6.07) is 6.98. The number of aryl methyl sites for hydroxylation is 1. The molecule has 1 atom stereocenters. The van der Waals surface area contributed by atoms with E-state index in [0.717, 1.165) is 11.8 Å². The molecule has 0 unspecified atom stereocenters. The Labute approximate surface area is 103 Å². The highest BCUT2D eigenvalue weighted by atomic mass is 127. The molecule has 0 amide bonds. The largest absolute Gasteiger partial charge is 0.292 e. The molecule has 0 heterocycles. The SMILES string of the molecule is Cc1ccccc1C(=O)[C@H](I)S(C)(=O)=O. The number of sulfone groups is 1. The molecule has 1 rings (SSSR count). The third-order valence-electron chi connectivity index (χ3n) is 1.99. The van der Waals surface area contributed by atoms with E-state index in [9.17, 15) is 13.2 Å². The Hall–Kier alpha value is -0.430. The summed E-state index contributed by atoms with van der Waals surface area (Å²) in [5.41, 5.74) is 1.27. The van der Waals surface area contributed by atoms with Crippen LogP contribution in [0.15, 0.2) is 24.3 Å².